The van der Waals surface area contributed by atoms with Gasteiger partial charge >= 0.3 is 0 Å². The molecule has 0 atom stereocenters. The first kappa shape index (κ1) is 10.1. The van der Waals surface area contributed by atoms with Crippen LogP contribution in [0, 0.1) is 0 Å². The summed E-state index contributed by atoms with van der Waals surface area (Å²) in [5, 5.41) is 2.49. The van der Waals surface area contributed by atoms with Crippen molar-refractivity contribution in [3.05, 3.63) is 0 Å². The Morgan fingerprint density at radius 2 is 2.15 bits per heavy atom. The quantitative estimate of drug-likeness (QED) is 0.435. The van der Waals surface area contributed by atoms with E-state index in [4.69, 9.17) is 4.74 Å². The van der Waals surface area contributed by atoms with E-state index in [0.717, 1.165) is 32.8 Å². The molecule has 1 heterocycles. The molecule has 0 spiro atoms. The van der Waals surface area contributed by atoms with E-state index in [2.05, 4.69) is 10.2 Å². The van der Waals surface area contributed by atoms with Crippen LogP contribution in [-0.2, 0) is 14.3 Å². The second kappa shape index (κ2) is 5.66. The molecule has 1 aliphatic rings. The minimum atomic E-state index is -0.548. The van der Waals surface area contributed by atoms with Crippen molar-refractivity contribution in [2.24, 2.45) is 0 Å². The summed E-state index contributed by atoms with van der Waals surface area (Å²) in [6.45, 7) is 4.61. The molecule has 0 aromatic heterocycles. The summed E-state index contributed by atoms with van der Waals surface area (Å²) in [5.74, 6) is -0.548. The molecule has 1 N–H and O–H groups in total. The molecule has 1 saturated heterocycles. The number of hydrogen-bond donors (Lipinski definition) is 1. The van der Waals surface area contributed by atoms with Crippen LogP contribution in [0.5, 0.6) is 0 Å². The van der Waals surface area contributed by atoms with Crippen molar-refractivity contribution < 1.29 is 14.3 Å². The molecule has 0 aliphatic carbocycles. The van der Waals surface area contributed by atoms with Gasteiger partial charge in [-0.15, -0.1) is 0 Å². The zero-order valence-electron chi connectivity index (χ0n) is 7.49. The maximum absolute atomic E-state index is 10.5. The average Bonchev–Trinajstić information content (AvgIpc) is 2.19. The maximum Gasteiger partial charge on any atom is 0.284 e. The number of carbonyl (C=O) groups excluding carboxylic acids is 2. The van der Waals surface area contributed by atoms with Crippen LogP contribution >= 0.6 is 0 Å². The van der Waals surface area contributed by atoms with Crippen molar-refractivity contribution in [1.29, 1.82) is 0 Å². The number of aldehydes is 1. The number of nitrogens with one attached hydrogen (secondary N) is 1. The molecular formula is C8H14N2O3. The van der Waals surface area contributed by atoms with Crippen LogP contribution in [0.15, 0.2) is 0 Å². The standard InChI is InChI=1S/C8H14N2O3/c11-7-8(12)9-1-2-10-3-5-13-6-4-10/h7H,1-6H2,(H,9,12). The highest BCUT2D eigenvalue weighted by Gasteiger charge is 2.09. The molecule has 74 valence electrons. The molecule has 0 unspecified atom stereocenters. The maximum atomic E-state index is 10.5. The number of nitrogens with zero attached hydrogens (tertiary/aromatic N) is 1. The Balaban J connectivity index is 2.04. The molecule has 1 amide bonds. The lowest BCUT2D eigenvalue weighted by atomic mass is 10.4. The predicted molar refractivity (Wildman–Crippen MR) is 46.3 cm³/mol. The van der Waals surface area contributed by atoms with Gasteiger partial charge in [-0.25, -0.2) is 0 Å². The number of rotatable bonds is 4. The van der Waals surface area contributed by atoms with Crippen molar-refractivity contribution in [3.8, 4) is 0 Å². The SMILES string of the molecule is O=CC(=O)NCCN1CCOCC1. The van der Waals surface area contributed by atoms with Gasteiger partial charge in [0.2, 0.25) is 6.29 Å². The van der Waals surface area contributed by atoms with Gasteiger partial charge in [-0.05, 0) is 0 Å². The van der Waals surface area contributed by atoms with Crippen LogP contribution < -0.4 is 5.32 Å². The molecule has 5 heteroatoms. The van der Waals surface area contributed by atoms with Gasteiger partial charge in [0.25, 0.3) is 5.91 Å². The zero-order chi connectivity index (χ0) is 9.52. The minimum Gasteiger partial charge on any atom is -0.379 e. The van der Waals surface area contributed by atoms with Gasteiger partial charge in [0, 0.05) is 26.2 Å². The molecule has 1 fully saturated rings. The average molecular weight is 186 g/mol. The summed E-state index contributed by atoms with van der Waals surface area (Å²) < 4.78 is 5.16. The Kier molecular flexibility index (Phi) is 4.42. The Bertz CT molecular complexity index is 178. The highest BCUT2D eigenvalue weighted by atomic mass is 16.5. The van der Waals surface area contributed by atoms with Crippen LogP contribution in [-0.4, -0.2) is 56.5 Å². The number of carbonyl (C=O) groups is 2. The largest absolute Gasteiger partial charge is 0.379 e. The minimum absolute atomic E-state index is 0.291. The van der Waals surface area contributed by atoms with E-state index < -0.39 is 5.91 Å². The molecule has 5 nitrogen and oxygen atoms in total. The Hall–Kier alpha value is -0.940. The number of amides is 1. The summed E-state index contributed by atoms with van der Waals surface area (Å²) in [6, 6.07) is 0. The number of morpholine rings is 1. The van der Waals surface area contributed by atoms with Crippen molar-refractivity contribution in [2.45, 2.75) is 0 Å². The van der Waals surface area contributed by atoms with Gasteiger partial charge in [0.15, 0.2) is 0 Å². The van der Waals surface area contributed by atoms with Crippen molar-refractivity contribution in [3.63, 3.8) is 0 Å². The first-order valence-electron chi connectivity index (χ1n) is 4.36. The van der Waals surface area contributed by atoms with Crippen LogP contribution in [0.4, 0.5) is 0 Å². The molecule has 13 heavy (non-hydrogen) atoms. The normalized spacial score (nSPS) is 18.2. The summed E-state index contributed by atoms with van der Waals surface area (Å²) in [4.78, 5) is 22.7. The van der Waals surface area contributed by atoms with E-state index in [-0.39, 0.29) is 0 Å². The lowest BCUT2D eigenvalue weighted by Gasteiger charge is -2.26. The Morgan fingerprint density at radius 3 is 2.77 bits per heavy atom. The molecule has 0 aromatic rings. The van der Waals surface area contributed by atoms with E-state index in [1.54, 1.807) is 0 Å². The lowest BCUT2D eigenvalue weighted by molar-refractivity contribution is -0.131. The van der Waals surface area contributed by atoms with Crippen LogP contribution in [0.1, 0.15) is 0 Å². The van der Waals surface area contributed by atoms with Crippen LogP contribution in [0.2, 0.25) is 0 Å². The predicted octanol–water partition coefficient (Wildman–Crippen LogP) is -1.37. The van der Waals surface area contributed by atoms with Gasteiger partial charge in [-0.2, -0.15) is 0 Å². The summed E-state index contributed by atoms with van der Waals surface area (Å²) in [7, 11) is 0. The monoisotopic (exact) mass is 186 g/mol. The molecule has 0 bridgehead atoms. The lowest BCUT2D eigenvalue weighted by Crippen LogP contribution is -2.41. The molecule has 0 aromatic carbocycles. The third-order valence-electron chi connectivity index (χ3n) is 1.94. The van der Waals surface area contributed by atoms with Gasteiger partial charge in [0.05, 0.1) is 13.2 Å². The summed E-state index contributed by atoms with van der Waals surface area (Å²) >= 11 is 0. The first-order chi connectivity index (χ1) is 6.33. The Morgan fingerprint density at radius 1 is 1.46 bits per heavy atom. The number of hydrogen-bond acceptors (Lipinski definition) is 4. The number of ether oxygens (including phenoxy) is 1. The van der Waals surface area contributed by atoms with Crippen LogP contribution in [0.25, 0.3) is 0 Å². The second-order valence-corrected chi connectivity index (χ2v) is 2.86. The molecule has 0 saturated carbocycles. The summed E-state index contributed by atoms with van der Waals surface area (Å²) in [5.41, 5.74) is 0. The fourth-order valence-corrected chi connectivity index (χ4v) is 1.20. The van der Waals surface area contributed by atoms with E-state index in [9.17, 15) is 9.59 Å². The van der Waals surface area contributed by atoms with E-state index in [1.807, 2.05) is 0 Å². The second-order valence-electron chi connectivity index (χ2n) is 2.86. The molecule has 1 rings (SSSR count). The van der Waals surface area contributed by atoms with Gasteiger partial charge in [-0.3, -0.25) is 14.5 Å². The topological polar surface area (TPSA) is 58.6 Å². The molecule has 1 aliphatic heterocycles. The highest BCUT2D eigenvalue weighted by Crippen LogP contribution is 1.94. The van der Waals surface area contributed by atoms with Gasteiger partial charge < -0.3 is 10.1 Å². The van der Waals surface area contributed by atoms with Crippen molar-refractivity contribution in [1.82, 2.24) is 10.2 Å². The fourth-order valence-electron chi connectivity index (χ4n) is 1.20. The molecular weight excluding hydrogens is 172 g/mol. The van der Waals surface area contributed by atoms with E-state index in [1.165, 1.54) is 0 Å². The highest BCUT2D eigenvalue weighted by molar-refractivity contribution is 6.23. The van der Waals surface area contributed by atoms with Gasteiger partial charge in [-0.1, -0.05) is 0 Å². The summed E-state index contributed by atoms with van der Waals surface area (Å²) in [6.07, 6.45) is 0.291. The molecule has 0 radical (unpaired) electrons. The van der Waals surface area contributed by atoms with E-state index >= 15 is 0 Å². The Labute approximate surface area is 77.0 Å². The smallest absolute Gasteiger partial charge is 0.284 e. The van der Waals surface area contributed by atoms with E-state index in [0.29, 0.717) is 12.8 Å². The van der Waals surface area contributed by atoms with Crippen molar-refractivity contribution >= 4 is 12.2 Å². The van der Waals surface area contributed by atoms with Crippen molar-refractivity contribution in [2.75, 3.05) is 39.4 Å². The fraction of sp³-hybridized carbons (Fsp3) is 0.750. The third-order valence-corrected chi connectivity index (χ3v) is 1.94. The third kappa shape index (κ3) is 4.00. The van der Waals surface area contributed by atoms with Gasteiger partial charge in [0.1, 0.15) is 0 Å². The first-order valence-corrected chi connectivity index (χ1v) is 4.36. The zero-order valence-corrected chi connectivity index (χ0v) is 7.49. The van der Waals surface area contributed by atoms with Crippen LogP contribution in [0.3, 0.4) is 0 Å².